The standard InChI is InChI=1S/C25H34ClN3O4S/c1-5-7-15-27-25(31)23(6-2)28(17-20-12-8-9-14-22(20)26)24(30)18-29(34(4,32)33)21-13-10-11-19(3)16-21/h8-14,16,23H,5-7,15,17-18H2,1-4H3,(H,27,31)/t23-/m0/s1. The van der Waals surface area contributed by atoms with Crippen molar-refractivity contribution in [3.63, 3.8) is 0 Å². The second-order valence-corrected chi connectivity index (χ2v) is 10.6. The molecule has 2 amide bonds. The van der Waals surface area contributed by atoms with E-state index in [1.54, 1.807) is 36.4 Å². The summed E-state index contributed by atoms with van der Waals surface area (Å²) >= 11 is 6.35. The molecule has 0 saturated carbocycles. The number of rotatable bonds is 12. The molecular weight excluding hydrogens is 474 g/mol. The van der Waals surface area contributed by atoms with Crippen molar-refractivity contribution in [2.24, 2.45) is 0 Å². The van der Waals surface area contributed by atoms with Gasteiger partial charge in [0, 0.05) is 18.1 Å². The van der Waals surface area contributed by atoms with Gasteiger partial charge in [0.1, 0.15) is 12.6 Å². The molecule has 0 spiro atoms. The minimum absolute atomic E-state index is 0.0869. The number of nitrogens with zero attached hydrogens (tertiary/aromatic N) is 2. The van der Waals surface area contributed by atoms with Crippen LogP contribution < -0.4 is 9.62 Å². The van der Waals surface area contributed by atoms with Gasteiger partial charge in [-0.25, -0.2) is 8.42 Å². The predicted molar refractivity (Wildman–Crippen MR) is 137 cm³/mol. The summed E-state index contributed by atoms with van der Waals surface area (Å²) in [7, 11) is -3.76. The molecule has 34 heavy (non-hydrogen) atoms. The minimum Gasteiger partial charge on any atom is -0.354 e. The maximum absolute atomic E-state index is 13.6. The number of amides is 2. The Bertz CT molecular complexity index is 1090. The van der Waals surface area contributed by atoms with Gasteiger partial charge in [0.2, 0.25) is 21.8 Å². The zero-order valence-corrected chi connectivity index (χ0v) is 21.8. The summed E-state index contributed by atoms with van der Waals surface area (Å²) in [6.07, 6.45) is 3.20. The van der Waals surface area contributed by atoms with Gasteiger partial charge in [0.15, 0.2) is 0 Å². The lowest BCUT2D eigenvalue weighted by atomic mass is 10.1. The molecule has 0 bridgehead atoms. The molecule has 0 saturated heterocycles. The van der Waals surface area contributed by atoms with E-state index in [9.17, 15) is 18.0 Å². The van der Waals surface area contributed by atoms with E-state index in [0.717, 1.165) is 29.0 Å². The monoisotopic (exact) mass is 507 g/mol. The Hall–Kier alpha value is -2.58. The molecule has 2 aromatic rings. The van der Waals surface area contributed by atoms with Crippen molar-refractivity contribution in [1.29, 1.82) is 0 Å². The second kappa shape index (κ2) is 12.8. The molecule has 0 aliphatic carbocycles. The van der Waals surface area contributed by atoms with E-state index in [2.05, 4.69) is 5.32 Å². The first-order valence-corrected chi connectivity index (χ1v) is 13.7. The van der Waals surface area contributed by atoms with Crippen molar-refractivity contribution in [2.45, 2.75) is 52.6 Å². The molecule has 0 aliphatic rings. The Morgan fingerprint density at radius 2 is 1.79 bits per heavy atom. The van der Waals surface area contributed by atoms with Crippen LogP contribution in [-0.2, 0) is 26.2 Å². The van der Waals surface area contributed by atoms with Crippen LogP contribution in [0.5, 0.6) is 0 Å². The van der Waals surface area contributed by atoms with Gasteiger partial charge in [-0.05, 0) is 49.1 Å². The number of aryl methyl sites for hydroxylation is 1. The quantitative estimate of drug-likeness (QED) is 0.437. The van der Waals surface area contributed by atoms with Gasteiger partial charge in [-0.2, -0.15) is 0 Å². The molecule has 1 N–H and O–H groups in total. The Kier molecular flexibility index (Phi) is 10.4. The molecule has 2 aromatic carbocycles. The smallest absolute Gasteiger partial charge is 0.244 e. The molecule has 2 rings (SSSR count). The van der Waals surface area contributed by atoms with Crippen LogP contribution in [-0.4, -0.2) is 50.5 Å². The summed E-state index contributed by atoms with van der Waals surface area (Å²) in [4.78, 5) is 28.0. The van der Waals surface area contributed by atoms with Crippen molar-refractivity contribution in [3.05, 3.63) is 64.7 Å². The predicted octanol–water partition coefficient (Wildman–Crippen LogP) is 4.14. The fourth-order valence-corrected chi connectivity index (χ4v) is 4.67. The van der Waals surface area contributed by atoms with E-state index in [1.807, 2.05) is 32.9 Å². The number of sulfonamides is 1. The molecule has 186 valence electrons. The highest BCUT2D eigenvalue weighted by Gasteiger charge is 2.32. The maximum atomic E-state index is 13.6. The lowest BCUT2D eigenvalue weighted by molar-refractivity contribution is -0.140. The van der Waals surface area contributed by atoms with E-state index in [4.69, 9.17) is 11.6 Å². The summed E-state index contributed by atoms with van der Waals surface area (Å²) in [5.41, 5.74) is 1.95. The summed E-state index contributed by atoms with van der Waals surface area (Å²) in [6.45, 7) is 5.88. The largest absolute Gasteiger partial charge is 0.354 e. The van der Waals surface area contributed by atoms with E-state index >= 15 is 0 Å². The fraction of sp³-hybridized carbons (Fsp3) is 0.440. The maximum Gasteiger partial charge on any atom is 0.244 e. The van der Waals surface area contributed by atoms with Gasteiger partial charge in [-0.3, -0.25) is 13.9 Å². The van der Waals surface area contributed by atoms with E-state index in [-0.39, 0.29) is 12.5 Å². The highest BCUT2D eigenvalue weighted by molar-refractivity contribution is 7.92. The van der Waals surface area contributed by atoms with Gasteiger partial charge in [0.05, 0.1) is 11.9 Å². The van der Waals surface area contributed by atoms with Crippen LogP contribution in [0.1, 0.15) is 44.2 Å². The summed E-state index contributed by atoms with van der Waals surface area (Å²) in [6, 6.07) is 13.3. The summed E-state index contributed by atoms with van der Waals surface area (Å²) in [5, 5.41) is 3.37. The number of nitrogens with one attached hydrogen (secondary N) is 1. The number of halogens is 1. The lowest BCUT2D eigenvalue weighted by Crippen LogP contribution is -2.52. The third kappa shape index (κ3) is 7.74. The van der Waals surface area contributed by atoms with Crippen molar-refractivity contribution in [2.75, 3.05) is 23.7 Å². The van der Waals surface area contributed by atoms with Crippen LogP contribution in [0.2, 0.25) is 5.02 Å². The Labute approximate surface area is 208 Å². The van der Waals surface area contributed by atoms with Crippen LogP contribution in [0.3, 0.4) is 0 Å². The first kappa shape index (κ1) is 27.7. The number of benzene rings is 2. The molecule has 1 atom stereocenters. The molecule has 0 heterocycles. The number of hydrogen-bond acceptors (Lipinski definition) is 4. The number of hydrogen-bond donors (Lipinski definition) is 1. The Morgan fingerprint density at radius 3 is 2.38 bits per heavy atom. The van der Waals surface area contributed by atoms with Crippen molar-refractivity contribution in [1.82, 2.24) is 10.2 Å². The van der Waals surface area contributed by atoms with Crippen LogP contribution in [0.25, 0.3) is 0 Å². The number of anilines is 1. The minimum atomic E-state index is -3.76. The van der Waals surface area contributed by atoms with Gasteiger partial charge in [-0.1, -0.05) is 62.2 Å². The number of carbonyl (C=O) groups excluding carboxylic acids is 2. The Morgan fingerprint density at radius 1 is 1.09 bits per heavy atom. The third-order valence-corrected chi connectivity index (χ3v) is 6.99. The van der Waals surface area contributed by atoms with Crippen molar-refractivity contribution < 1.29 is 18.0 Å². The zero-order valence-electron chi connectivity index (χ0n) is 20.3. The molecule has 0 aliphatic heterocycles. The molecule has 0 radical (unpaired) electrons. The van der Waals surface area contributed by atoms with Gasteiger partial charge < -0.3 is 10.2 Å². The summed E-state index contributed by atoms with van der Waals surface area (Å²) < 4.78 is 26.3. The van der Waals surface area contributed by atoms with Gasteiger partial charge in [-0.15, -0.1) is 0 Å². The molecular formula is C25H34ClN3O4S. The highest BCUT2D eigenvalue weighted by atomic mass is 35.5. The average Bonchev–Trinajstić information content (AvgIpc) is 2.77. The Balaban J connectivity index is 2.41. The van der Waals surface area contributed by atoms with E-state index in [0.29, 0.717) is 29.2 Å². The normalized spacial score (nSPS) is 12.1. The van der Waals surface area contributed by atoms with Crippen LogP contribution in [0.15, 0.2) is 48.5 Å². The first-order chi connectivity index (χ1) is 16.1. The van der Waals surface area contributed by atoms with Crippen LogP contribution >= 0.6 is 11.6 Å². The van der Waals surface area contributed by atoms with Gasteiger partial charge >= 0.3 is 0 Å². The van der Waals surface area contributed by atoms with Crippen LogP contribution in [0.4, 0.5) is 5.69 Å². The van der Waals surface area contributed by atoms with E-state index < -0.39 is 28.5 Å². The van der Waals surface area contributed by atoms with Crippen molar-refractivity contribution in [3.8, 4) is 0 Å². The topological polar surface area (TPSA) is 86.8 Å². The summed E-state index contributed by atoms with van der Waals surface area (Å²) in [5.74, 6) is -0.748. The van der Waals surface area contributed by atoms with Gasteiger partial charge in [0.25, 0.3) is 0 Å². The molecule has 9 heteroatoms. The molecule has 7 nitrogen and oxygen atoms in total. The SMILES string of the molecule is CCCCNC(=O)[C@H](CC)N(Cc1ccccc1Cl)C(=O)CN(c1cccc(C)c1)S(C)(=O)=O. The lowest BCUT2D eigenvalue weighted by Gasteiger charge is -2.33. The van der Waals surface area contributed by atoms with Crippen LogP contribution in [0, 0.1) is 6.92 Å². The third-order valence-electron chi connectivity index (χ3n) is 5.48. The van der Waals surface area contributed by atoms with E-state index in [1.165, 1.54) is 4.90 Å². The zero-order chi connectivity index (χ0) is 25.3. The molecule has 0 fully saturated rings. The second-order valence-electron chi connectivity index (χ2n) is 8.29. The first-order valence-electron chi connectivity index (χ1n) is 11.4. The number of unbranched alkanes of at least 4 members (excludes halogenated alkanes) is 1. The van der Waals surface area contributed by atoms with Crippen molar-refractivity contribution >= 4 is 39.1 Å². The highest BCUT2D eigenvalue weighted by Crippen LogP contribution is 2.22. The fourth-order valence-electron chi connectivity index (χ4n) is 3.63. The number of carbonyl (C=O) groups is 2. The molecule has 0 unspecified atom stereocenters. The molecule has 0 aromatic heterocycles. The average molecular weight is 508 g/mol.